The van der Waals surface area contributed by atoms with Crippen LogP contribution in [0.1, 0.15) is 27.2 Å². The monoisotopic (exact) mass is 187 g/mol. The number of nitrogens with two attached hydrogens (primary N) is 2. The number of rotatable bonds is 4. The van der Waals surface area contributed by atoms with E-state index in [4.69, 9.17) is 11.5 Å². The van der Waals surface area contributed by atoms with Crippen LogP contribution in [-0.2, 0) is 9.59 Å². The van der Waals surface area contributed by atoms with E-state index in [9.17, 15) is 9.59 Å². The molecule has 5 nitrogen and oxygen atoms in total. The number of nitrogens with one attached hydrogen (secondary N) is 1. The van der Waals surface area contributed by atoms with Gasteiger partial charge < -0.3 is 16.8 Å². The third-order valence-electron chi connectivity index (χ3n) is 1.49. The van der Waals surface area contributed by atoms with Crippen LogP contribution in [0.25, 0.3) is 0 Å². The highest BCUT2D eigenvalue weighted by molar-refractivity contribution is 5.83. The summed E-state index contributed by atoms with van der Waals surface area (Å²) in [6.45, 7) is 5.02. The summed E-state index contributed by atoms with van der Waals surface area (Å²) >= 11 is 0. The van der Waals surface area contributed by atoms with Gasteiger partial charge in [-0.25, -0.2) is 0 Å². The minimum atomic E-state index is -0.628. The van der Waals surface area contributed by atoms with E-state index in [1.54, 1.807) is 20.8 Å². The summed E-state index contributed by atoms with van der Waals surface area (Å²) in [6, 6.07) is -0.577. The first-order chi connectivity index (χ1) is 5.74. The molecule has 0 saturated heterocycles. The topological polar surface area (TPSA) is 98.2 Å². The van der Waals surface area contributed by atoms with Crippen molar-refractivity contribution in [1.29, 1.82) is 0 Å². The molecule has 1 unspecified atom stereocenters. The van der Waals surface area contributed by atoms with Crippen molar-refractivity contribution in [2.75, 3.05) is 0 Å². The summed E-state index contributed by atoms with van der Waals surface area (Å²) in [7, 11) is 0. The summed E-state index contributed by atoms with van der Waals surface area (Å²) in [4.78, 5) is 21.8. The van der Waals surface area contributed by atoms with Crippen LogP contribution in [0.5, 0.6) is 0 Å². The lowest BCUT2D eigenvalue weighted by Gasteiger charge is -2.25. The van der Waals surface area contributed by atoms with Crippen molar-refractivity contribution in [3.63, 3.8) is 0 Å². The molecule has 1 atom stereocenters. The van der Waals surface area contributed by atoms with Crippen LogP contribution in [0.15, 0.2) is 0 Å². The predicted octanol–water partition coefficient (Wildman–Crippen LogP) is -0.896. The molecule has 0 aromatic rings. The van der Waals surface area contributed by atoms with E-state index in [-0.39, 0.29) is 12.3 Å². The number of hydrogen-bond acceptors (Lipinski definition) is 3. The zero-order chi connectivity index (χ0) is 10.6. The molecular weight excluding hydrogens is 170 g/mol. The van der Waals surface area contributed by atoms with E-state index >= 15 is 0 Å². The van der Waals surface area contributed by atoms with Crippen LogP contribution >= 0.6 is 0 Å². The Morgan fingerprint density at radius 1 is 1.46 bits per heavy atom. The molecule has 0 saturated carbocycles. The molecule has 5 N–H and O–H groups in total. The van der Waals surface area contributed by atoms with E-state index in [0.717, 1.165) is 0 Å². The Kier molecular flexibility index (Phi) is 3.87. The molecule has 0 fully saturated rings. The molecule has 0 aliphatic carbocycles. The van der Waals surface area contributed by atoms with Crippen LogP contribution in [0.2, 0.25) is 0 Å². The highest BCUT2D eigenvalue weighted by Crippen LogP contribution is 2.07. The average Bonchev–Trinajstić information content (AvgIpc) is 1.81. The van der Waals surface area contributed by atoms with Crippen molar-refractivity contribution in [3.8, 4) is 0 Å². The fraction of sp³-hybridized carbons (Fsp3) is 0.750. The predicted molar refractivity (Wildman–Crippen MR) is 49.7 cm³/mol. The third kappa shape index (κ3) is 5.19. The number of carbonyl (C=O) groups is 2. The first kappa shape index (κ1) is 11.9. The quantitative estimate of drug-likeness (QED) is 0.532. The molecule has 0 spiro atoms. The number of primary amides is 1. The summed E-state index contributed by atoms with van der Waals surface area (Å²) in [6.07, 6.45) is 0.103. The van der Waals surface area contributed by atoms with Crippen LogP contribution in [0.3, 0.4) is 0 Å². The SMILES string of the molecule is CC(N)C(=O)NC(C)(C)CC(N)=O. The Balaban J connectivity index is 4.16. The molecule has 0 heterocycles. The maximum absolute atomic E-state index is 11.2. The number of carbonyl (C=O) groups excluding carboxylic acids is 2. The number of hydrogen-bond donors (Lipinski definition) is 3. The first-order valence-corrected chi connectivity index (χ1v) is 4.10. The zero-order valence-electron chi connectivity index (χ0n) is 8.26. The average molecular weight is 187 g/mol. The Labute approximate surface area is 77.8 Å². The van der Waals surface area contributed by atoms with Crippen LogP contribution in [0.4, 0.5) is 0 Å². The molecule has 0 radical (unpaired) electrons. The number of amides is 2. The third-order valence-corrected chi connectivity index (χ3v) is 1.49. The lowest BCUT2D eigenvalue weighted by atomic mass is 10.00. The van der Waals surface area contributed by atoms with E-state index in [2.05, 4.69) is 5.32 Å². The smallest absolute Gasteiger partial charge is 0.237 e. The Hall–Kier alpha value is -1.10. The molecule has 0 bridgehead atoms. The van der Waals surface area contributed by atoms with Gasteiger partial charge in [0.1, 0.15) is 0 Å². The molecule has 0 aromatic carbocycles. The Bertz CT molecular complexity index is 211. The lowest BCUT2D eigenvalue weighted by molar-refractivity contribution is -0.124. The molecule has 5 heteroatoms. The van der Waals surface area contributed by atoms with Gasteiger partial charge in [0.25, 0.3) is 0 Å². The van der Waals surface area contributed by atoms with Crippen LogP contribution in [-0.4, -0.2) is 23.4 Å². The van der Waals surface area contributed by atoms with Crippen LogP contribution < -0.4 is 16.8 Å². The van der Waals surface area contributed by atoms with Gasteiger partial charge in [0.05, 0.1) is 6.04 Å². The Morgan fingerprint density at radius 2 is 1.92 bits per heavy atom. The van der Waals surface area contributed by atoms with Gasteiger partial charge in [-0.15, -0.1) is 0 Å². The molecule has 0 rings (SSSR count). The van der Waals surface area contributed by atoms with Crippen molar-refractivity contribution in [2.45, 2.75) is 38.8 Å². The second kappa shape index (κ2) is 4.23. The van der Waals surface area contributed by atoms with Gasteiger partial charge in [-0.1, -0.05) is 0 Å². The van der Waals surface area contributed by atoms with Gasteiger partial charge in [0, 0.05) is 12.0 Å². The van der Waals surface area contributed by atoms with Gasteiger partial charge in [-0.05, 0) is 20.8 Å². The van der Waals surface area contributed by atoms with Crippen molar-refractivity contribution < 1.29 is 9.59 Å². The summed E-state index contributed by atoms with van der Waals surface area (Å²) < 4.78 is 0. The normalized spacial score (nSPS) is 13.5. The van der Waals surface area contributed by atoms with Crippen molar-refractivity contribution >= 4 is 11.8 Å². The first-order valence-electron chi connectivity index (χ1n) is 4.10. The summed E-state index contributed by atoms with van der Waals surface area (Å²) in [5, 5.41) is 2.62. The minimum absolute atomic E-state index is 0.103. The minimum Gasteiger partial charge on any atom is -0.370 e. The Morgan fingerprint density at radius 3 is 2.23 bits per heavy atom. The van der Waals surface area contributed by atoms with E-state index < -0.39 is 17.5 Å². The second-order valence-corrected chi connectivity index (χ2v) is 3.80. The fourth-order valence-corrected chi connectivity index (χ4v) is 0.927. The van der Waals surface area contributed by atoms with E-state index in [1.165, 1.54) is 0 Å². The zero-order valence-corrected chi connectivity index (χ0v) is 8.26. The largest absolute Gasteiger partial charge is 0.370 e. The lowest BCUT2D eigenvalue weighted by Crippen LogP contribution is -2.51. The van der Waals surface area contributed by atoms with Crippen molar-refractivity contribution in [2.24, 2.45) is 11.5 Å². The van der Waals surface area contributed by atoms with E-state index in [1.807, 2.05) is 0 Å². The van der Waals surface area contributed by atoms with E-state index in [0.29, 0.717) is 0 Å². The second-order valence-electron chi connectivity index (χ2n) is 3.80. The highest BCUT2D eigenvalue weighted by atomic mass is 16.2. The van der Waals surface area contributed by atoms with Crippen molar-refractivity contribution in [3.05, 3.63) is 0 Å². The standard InChI is InChI=1S/C8H17N3O2/c1-5(9)7(13)11-8(2,3)4-6(10)12/h5H,4,9H2,1-3H3,(H2,10,12)(H,11,13). The molecule has 0 aromatic heterocycles. The van der Waals surface area contributed by atoms with Crippen LogP contribution in [0, 0.1) is 0 Å². The molecule has 2 amide bonds. The fourth-order valence-electron chi connectivity index (χ4n) is 0.927. The van der Waals surface area contributed by atoms with Crippen molar-refractivity contribution in [1.82, 2.24) is 5.32 Å². The van der Waals surface area contributed by atoms with Gasteiger partial charge in [-0.2, -0.15) is 0 Å². The van der Waals surface area contributed by atoms with Gasteiger partial charge in [-0.3, -0.25) is 9.59 Å². The molecule has 0 aliphatic rings. The molecule has 76 valence electrons. The maximum Gasteiger partial charge on any atom is 0.237 e. The highest BCUT2D eigenvalue weighted by Gasteiger charge is 2.23. The molecule has 13 heavy (non-hydrogen) atoms. The molecule has 0 aliphatic heterocycles. The molecular formula is C8H17N3O2. The summed E-state index contributed by atoms with van der Waals surface area (Å²) in [5.74, 6) is -0.735. The van der Waals surface area contributed by atoms with Gasteiger partial charge in [0.15, 0.2) is 0 Å². The van der Waals surface area contributed by atoms with Gasteiger partial charge >= 0.3 is 0 Å². The van der Waals surface area contributed by atoms with Gasteiger partial charge in [0.2, 0.25) is 11.8 Å². The maximum atomic E-state index is 11.2. The summed E-state index contributed by atoms with van der Waals surface area (Å²) in [5.41, 5.74) is 9.73.